The molecule has 0 fully saturated rings. The van der Waals surface area contributed by atoms with Crippen LogP contribution in [-0.2, 0) is 17.8 Å². The van der Waals surface area contributed by atoms with E-state index in [1.165, 1.54) is 0 Å². The van der Waals surface area contributed by atoms with Gasteiger partial charge in [-0.05, 0) is 63.4 Å². The van der Waals surface area contributed by atoms with Crippen molar-refractivity contribution < 1.29 is 9.53 Å². The Hall–Kier alpha value is -2.56. The fourth-order valence-electron chi connectivity index (χ4n) is 2.64. The highest BCUT2D eigenvalue weighted by Gasteiger charge is 2.08. The second-order valence-electron chi connectivity index (χ2n) is 6.53. The van der Waals surface area contributed by atoms with Crippen LogP contribution >= 0.6 is 0 Å². The molecule has 1 aromatic heterocycles. The zero-order chi connectivity index (χ0) is 18.4. The molecular formula is C20H26N2O3. The first-order valence-corrected chi connectivity index (χ1v) is 8.57. The zero-order valence-electron chi connectivity index (χ0n) is 15.3. The number of aryl methyl sites for hydroxylation is 3. The Bertz CT molecular complexity index is 777. The fraction of sp³-hybridized carbons (Fsp3) is 0.400. The van der Waals surface area contributed by atoms with Gasteiger partial charge in [-0.1, -0.05) is 12.1 Å². The predicted molar refractivity (Wildman–Crippen MR) is 98.9 cm³/mol. The molecule has 2 N–H and O–H groups in total. The van der Waals surface area contributed by atoms with Crippen LogP contribution in [0.15, 0.2) is 35.1 Å². The Morgan fingerprint density at radius 3 is 2.48 bits per heavy atom. The van der Waals surface area contributed by atoms with Gasteiger partial charge in [0, 0.05) is 24.2 Å². The zero-order valence-corrected chi connectivity index (χ0v) is 15.3. The van der Waals surface area contributed by atoms with E-state index < -0.39 is 0 Å². The molecule has 0 unspecified atom stereocenters. The smallest absolute Gasteiger partial charge is 0.253 e. The van der Waals surface area contributed by atoms with Crippen molar-refractivity contribution in [3.05, 3.63) is 63.1 Å². The average molecular weight is 342 g/mol. The van der Waals surface area contributed by atoms with Crippen molar-refractivity contribution in [2.75, 3.05) is 0 Å². The van der Waals surface area contributed by atoms with Crippen LogP contribution < -0.4 is 15.6 Å². The summed E-state index contributed by atoms with van der Waals surface area (Å²) in [5.74, 6) is 0.763. The van der Waals surface area contributed by atoms with E-state index in [-0.39, 0.29) is 24.1 Å². The second-order valence-corrected chi connectivity index (χ2v) is 6.53. The lowest BCUT2D eigenvalue weighted by Gasteiger charge is -2.10. The Morgan fingerprint density at radius 1 is 1.20 bits per heavy atom. The monoisotopic (exact) mass is 342 g/mol. The van der Waals surface area contributed by atoms with Gasteiger partial charge in [0.25, 0.3) is 5.56 Å². The number of rotatable bonds is 7. The molecule has 0 aliphatic carbocycles. The van der Waals surface area contributed by atoms with E-state index in [0.717, 1.165) is 22.6 Å². The van der Waals surface area contributed by atoms with Gasteiger partial charge < -0.3 is 15.0 Å². The molecule has 1 amide bonds. The summed E-state index contributed by atoms with van der Waals surface area (Å²) >= 11 is 0. The molecule has 2 rings (SSSR count). The molecule has 5 heteroatoms. The molecule has 0 bridgehead atoms. The lowest BCUT2D eigenvalue weighted by Crippen LogP contribution is -2.28. The van der Waals surface area contributed by atoms with Gasteiger partial charge in [0.2, 0.25) is 5.91 Å². The molecule has 0 spiro atoms. The lowest BCUT2D eigenvalue weighted by atomic mass is 10.1. The summed E-state index contributed by atoms with van der Waals surface area (Å²) in [5.41, 5.74) is 3.26. The number of aromatic amines is 1. The highest BCUT2D eigenvalue weighted by molar-refractivity contribution is 5.76. The van der Waals surface area contributed by atoms with Gasteiger partial charge in [0.15, 0.2) is 0 Å². The minimum Gasteiger partial charge on any atom is -0.491 e. The lowest BCUT2D eigenvalue weighted by molar-refractivity contribution is -0.121. The van der Waals surface area contributed by atoms with Gasteiger partial charge in [-0.3, -0.25) is 9.59 Å². The molecule has 0 saturated heterocycles. The third-order valence-corrected chi connectivity index (χ3v) is 3.89. The van der Waals surface area contributed by atoms with Crippen molar-refractivity contribution >= 4 is 5.91 Å². The van der Waals surface area contributed by atoms with Crippen LogP contribution in [0.5, 0.6) is 5.75 Å². The third-order valence-electron chi connectivity index (χ3n) is 3.89. The number of ether oxygens (including phenoxy) is 1. The van der Waals surface area contributed by atoms with Gasteiger partial charge in [-0.15, -0.1) is 0 Å². The maximum absolute atomic E-state index is 12.0. The first-order chi connectivity index (χ1) is 11.8. The maximum atomic E-state index is 12.0. The van der Waals surface area contributed by atoms with E-state index >= 15 is 0 Å². The van der Waals surface area contributed by atoms with Crippen molar-refractivity contribution in [2.24, 2.45) is 0 Å². The summed E-state index contributed by atoms with van der Waals surface area (Å²) in [6.45, 7) is 7.94. The molecule has 0 atom stereocenters. The summed E-state index contributed by atoms with van der Waals surface area (Å²) in [5, 5.41) is 2.82. The Kier molecular flexibility index (Phi) is 6.39. The van der Waals surface area contributed by atoms with Crippen LogP contribution in [0.2, 0.25) is 0 Å². The molecule has 5 nitrogen and oxygen atoms in total. The fourth-order valence-corrected chi connectivity index (χ4v) is 2.64. The number of nitrogens with one attached hydrogen (secondary N) is 2. The van der Waals surface area contributed by atoms with Crippen LogP contribution in [0.4, 0.5) is 0 Å². The number of H-pyrrole nitrogens is 1. The van der Waals surface area contributed by atoms with Crippen molar-refractivity contribution in [3.8, 4) is 5.75 Å². The minimum absolute atomic E-state index is 0.0677. The SMILES string of the molecule is Cc1cc(C)c(CNC(=O)CCc2ccc(OC(C)C)cc2)c(=O)[nH]1. The minimum atomic E-state index is -0.140. The second kappa shape index (κ2) is 8.51. The third kappa shape index (κ3) is 5.78. The molecule has 1 heterocycles. The summed E-state index contributed by atoms with van der Waals surface area (Å²) < 4.78 is 5.60. The highest BCUT2D eigenvalue weighted by Crippen LogP contribution is 2.14. The topological polar surface area (TPSA) is 71.2 Å². The number of benzene rings is 1. The van der Waals surface area contributed by atoms with Crippen molar-refractivity contribution in [1.82, 2.24) is 10.3 Å². The van der Waals surface area contributed by atoms with Crippen LogP contribution in [0, 0.1) is 13.8 Å². The number of pyridine rings is 1. The maximum Gasteiger partial charge on any atom is 0.253 e. The van der Waals surface area contributed by atoms with Gasteiger partial charge in [-0.2, -0.15) is 0 Å². The molecule has 2 aromatic rings. The number of hydrogen-bond donors (Lipinski definition) is 2. The first-order valence-electron chi connectivity index (χ1n) is 8.57. The molecule has 0 aliphatic heterocycles. The van der Waals surface area contributed by atoms with Crippen molar-refractivity contribution in [2.45, 2.75) is 53.2 Å². The van der Waals surface area contributed by atoms with Gasteiger partial charge in [-0.25, -0.2) is 0 Å². The van der Waals surface area contributed by atoms with Crippen LogP contribution in [-0.4, -0.2) is 17.0 Å². The first kappa shape index (κ1) is 18.8. The summed E-state index contributed by atoms with van der Waals surface area (Å²) in [7, 11) is 0. The van der Waals surface area contributed by atoms with E-state index in [0.29, 0.717) is 18.4 Å². The molecule has 0 radical (unpaired) electrons. The number of carbonyl (C=O) groups is 1. The van der Waals surface area contributed by atoms with E-state index in [4.69, 9.17) is 4.74 Å². The summed E-state index contributed by atoms with van der Waals surface area (Å²) in [6.07, 6.45) is 1.18. The van der Waals surface area contributed by atoms with Gasteiger partial charge in [0.05, 0.1) is 6.10 Å². The summed E-state index contributed by atoms with van der Waals surface area (Å²) in [4.78, 5) is 26.7. The van der Waals surface area contributed by atoms with Gasteiger partial charge >= 0.3 is 0 Å². The normalized spacial score (nSPS) is 10.8. The predicted octanol–water partition coefficient (Wildman–Crippen LogP) is 3.03. The average Bonchev–Trinajstić information content (AvgIpc) is 2.52. The van der Waals surface area contributed by atoms with Gasteiger partial charge in [0.1, 0.15) is 5.75 Å². The van der Waals surface area contributed by atoms with Crippen molar-refractivity contribution in [1.29, 1.82) is 0 Å². The largest absolute Gasteiger partial charge is 0.491 e. The van der Waals surface area contributed by atoms with E-state index in [1.807, 2.05) is 58.0 Å². The molecule has 25 heavy (non-hydrogen) atoms. The Balaban J connectivity index is 1.84. The number of hydrogen-bond acceptors (Lipinski definition) is 3. The molecule has 0 saturated carbocycles. The highest BCUT2D eigenvalue weighted by atomic mass is 16.5. The summed E-state index contributed by atoms with van der Waals surface area (Å²) in [6, 6.07) is 9.69. The molecular weight excluding hydrogens is 316 g/mol. The number of carbonyl (C=O) groups excluding carboxylic acids is 1. The molecule has 134 valence electrons. The number of aromatic nitrogens is 1. The Labute approximate surface area is 148 Å². The van der Waals surface area contributed by atoms with E-state index in [2.05, 4.69) is 10.3 Å². The van der Waals surface area contributed by atoms with E-state index in [1.54, 1.807) is 0 Å². The number of amides is 1. The molecule has 1 aromatic carbocycles. The quantitative estimate of drug-likeness (QED) is 0.812. The Morgan fingerprint density at radius 2 is 1.88 bits per heavy atom. The standard InChI is InChI=1S/C20H26N2O3/c1-13(2)25-17-8-5-16(6-9-17)7-10-19(23)21-12-18-14(3)11-15(4)22-20(18)24/h5-6,8-9,11,13H,7,10,12H2,1-4H3,(H,21,23)(H,22,24). The van der Waals surface area contributed by atoms with Crippen LogP contribution in [0.25, 0.3) is 0 Å². The van der Waals surface area contributed by atoms with E-state index in [9.17, 15) is 9.59 Å². The van der Waals surface area contributed by atoms with Crippen molar-refractivity contribution in [3.63, 3.8) is 0 Å². The van der Waals surface area contributed by atoms with Crippen LogP contribution in [0.3, 0.4) is 0 Å². The molecule has 0 aliphatic rings. The van der Waals surface area contributed by atoms with Crippen LogP contribution in [0.1, 0.15) is 42.7 Å².